The van der Waals surface area contributed by atoms with E-state index < -0.39 is 0 Å². The number of hydrogen-bond donors (Lipinski definition) is 0. The lowest BCUT2D eigenvalue weighted by Crippen LogP contribution is -2.11. The maximum atomic E-state index is 6.16. The van der Waals surface area contributed by atoms with Gasteiger partial charge in [-0.25, -0.2) is 0 Å². The molecule has 0 saturated carbocycles. The van der Waals surface area contributed by atoms with E-state index in [0.717, 1.165) is 55.7 Å². The van der Waals surface area contributed by atoms with Crippen molar-refractivity contribution in [3.8, 4) is 55.6 Å². The van der Waals surface area contributed by atoms with Crippen LogP contribution in [-0.2, 0) is 0 Å². The van der Waals surface area contributed by atoms with Gasteiger partial charge in [-0.2, -0.15) is 0 Å². The van der Waals surface area contributed by atoms with Gasteiger partial charge in [0, 0.05) is 27.7 Å². The molecule has 0 N–H and O–H groups in total. The molecule has 10 aromatic carbocycles. The maximum absolute atomic E-state index is 6.16. The predicted octanol–water partition coefficient (Wildman–Crippen LogP) is 16.5. The molecule has 0 aliphatic rings. The first-order valence-electron chi connectivity index (χ1n) is 20.5. The van der Waals surface area contributed by atoms with Crippen molar-refractivity contribution in [3.05, 3.63) is 237 Å². The third-order valence-corrected chi connectivity index (χ3v) is 11.7. The minimum Gasteiger partial charge on any atom is -0.456 e. The molecule has 0 amide bonds. The van der Waals surface area contributed by atoms with E-state index in [1.54, 1.807) is 0 Å². The Morgan fingerprint density at radius 2 is 0.817 bits per heavy atom. The lowest BCUT2D eigenvalue weighted by Gasteiger charge is -2.29. The summed E-state index contributed by atoms with van der Waals surface area (Å²) in [4.78, 5) is 2.42. The van der Waals surface area contributed by atoms with Gasteiger partial charge in [-0.05, 0) is 109 Å². The Balaban J connectivity index is 1.08. The molecule has 2 heteroatoms. The van der Waals surface area contributed by atoms with E-state index in [1.165, 1.54) is 49.7 Å². The molecular formula is C58H39NO. The summed E-state index contributed by atoms with van der Waals surface area (Å²) in [6.07, 6.45) is 0. The molecule has 0 aliphatic carbocycles. The third-order valence-electron chi connectivity index (χ3n) is 11.7. The SMILES string of the molecule is c1ccc(-c2ccccc2-c2ccccc2-c2ccccc2N(c2ccc(-c3ccc4oc5ccccc5c4c3)cc2)c2cccc(-c3cccc4ccccc34)c2)cc1. The van der Waals surface area contributed by atoms with E-state index in [2.05, 4.69) is 229 Å². The number of rotatable bonds is 8. The van der Waals surface area contributed by atoms with Crippen LogP contribution in [0.4, 0.5) is 17.1 Å². The molecule has 60 heavy (non-hydrogen) atoms. The third kappa shape index (κ3) is 6.32. The van der Waals surface area contributed by atoms with Crippen LogP contribution in [-0.4, -0.2) is 0 Å². The molecule has 0 spiro atoms. The number of para-hydroxylation sites is 2. The summed E-state index contributed by atoms with van der Waals surface area (Å²) in [6, 6.07) is 85.0. The van der Waals surface area contributed by atoms with Crippen LogP contribution in [0.1, 0.15) is 0 Å². The standard InChI is InChI=1S/C58H39NO/c1-2-16-41(17-3-1)48-23-6-7-24-50(48)51-25-8-9-26-52(51)53-27-10-12-30-56(53)59(46-21-14-20-44(38-46)49-29-15-19-42-18-4-5-22-47(42)49)45-35-32-40(33-36-45)43-34-37-58-55(39-43)54-28-11-13-31-57(54)60-58/h1-39H. The minimum absolute atomic E-state index is 0.900. The van der Waals surface area contributed by atoms with E-state index in [1.807, 2.05) is 12.1 Å². The molecule has 0 bridgehead atoms. The average molecular weight is 766 g/mol. The van der Waals surface area contributed by atoms with Gasteiger partial charge >= 0.3 is 0 Å². The molecule has 1 aromatic heterocycles. The second-order valence-corrected chi connectivity index (χ2v) is 15.2. The van der Waals surface area contributed by atoms with Crippen molar-refractivity contribution in [3.63, 3.8) is 0 Å². The highest BCUT2D eigenvalue weighted by atomic mass is 16.3. The molecule has 0 saturated heterocycles. The molecule has 0 fully saturated rings. The van der Waals surface area contributed by atoms with Crippen molar-refractivity contribution in [2.75, 3.05) is 4.90 Å². The number of furan rings is 1. The van der Waals surface area contributed by atoms with Gasteiger partial charge in [0.1, 0.15) is 11.2 Å². The fraction of sp³-hybridized carbons (Fsp3) is 0. The van der Waals surface area contributed by atoms with Gasteiger partial charge in [-0.3, -0.25) is 0 Å². The Morgan fingerprint density at radius 1 is 0.267 bits per heavy atom. The molecule has 11 rings (SSSR count). The van der Waals surface area contributed by atoms with Gasteiger partial charge < -0.3 is 9.32 Å². The maximum Gasteiger partial charge on any atom is 0.135 e. The predicted molar refractivity (Wildman–Crippen MR) is 253 cm³/mol. The Morgan fingerprint density at radius 3 is 1.63 bits per heavy atom. The average Bonchev–Trinajstić information content (AvgIpc) is 3.70. The van der Waals surface area contributed by atoms with Crippen LogP contribution in [0.25, 0.3) is 88.3 Å². The zero-order chi connectivity index (χ0) is 39.8. The smallest absolute Gasteiger partial charge is 0.135 e. The molecule has 1 heterocycles. The number of benzene rings is 10. The van der Waals surface area contributed by atoms with E-state index in [0.29, 0.717) is 0 Å². The fourth-order valence-corrected chi connectivity index (χ4v) is 8.86. The van der Waals surface area contributed by atoms with Crippen LogP contribution in [0.5, 0.6) is 0 Å². The van der Waals surface area contributed by atoms with E-state index in [4.69, 9.17) is 4.42 Å². The van der Waals surface area contributed by atoms with Crippen LogP contribution in [0.15, 0.2) is 241 Å². The van der Waals surface area contributed by atoms with Crippen molar-refractivity contribution in [1.82, 2.24) is 0 Å². The summed E-state index contributed by atoms with van der Waals surface area (Å²) in [5.41, 5.74) is 16.8. The van der Waals surface area contributed by atoms with Gasteiger partial charge in [0.2, 0.25) is 0 Å². The summed E-state index contributed by atoms with van der Waals surface area (Å²) in [5.74, 6) is 0. The number of nitrogens with zero attached hydrogens (tertiary/aromatic N) is 1. The van der Waals surface area contributed by atoms with Gasteiger partial charge in [-0.15, -0.1) is 0 Å². The highest BCUT2D eigenvalue weighted by Gasteiger charge is 2.21. The van der Waals surface area contributed by atoms with Crippen LogP contribution in [0, 0.1) is 0 Å². The molecule has 0 radical (unpaired) electrons. The number of hydrogen-bond acceptors (Lipinski definition) is 2. The summed E-state index contributed by atoms with van der Waals surface area (Å²) in [5, 5.41) is 4.72. The van der Waals surface area contributed by atoms with E-state index in [-0.39, 0.29) is 0 Å². The lowest BCUT2D eigenvalue weighted by molar-refractivity contribution is 0.669. The quantitative estimate of drug-likeness (QED) is 0.153. The number of fused-ring (bicyclic) bond motifs is 4. The Kier molecular flexibility index (Phi) is 8.87. The largest absolute Gasteiger partial charge is 0.456 e. The molecular weight excluding hydrogens is 727 g/mol. The first-order valence-corrected chi connectivity index (χ1v) is 20.5. The zero-order valence-electron chi connectivity index (χ0n) is 32.9. The summed E-state index contributed by atoms with van der Waals surface area (Å²) >= 11 is 0. The van der Waals surface area contributed by atoms with E-state index >= 15 is 0 Å². The highest BCUT2D eigenvalue weighted by molar-refractivity contribution is 6.06. The second kappa shape index (κ2) is 15.1. The Hall–Kier alpha value is -7.94. The first kappa shape index (κ1) is 35.2. The van der Waals surface area contributed by atoms with Gasteiger partial charge in [0.25, 0.3) is 0 Å². The number of anilines is 3. The summed E-state index contributed by atoms with van der Waals surface area (Å²) < 4.78 is 6.16. The van der Waals surface area contributed by atoms with Crippen molar-refractivity contribution in [1.29, 1.82) is 0 Å². The fourth-order valence-electron chi connectivity index (χ4n) is 8.86. The topological polar surface area (TPSA) is 16.4 Å². The van der Waals surface area contributed by atoms with Crippen LogP contribution >= 0.6 is 0 Å². The van der Waals surface area contributed by atoms with Crippen molar-refractivity contribution in [2.45, 2.75) is 0 Å². The first-order chi connectivity index (χ1) is 29.8. The monoisotopic (exact) mass is 765 g/mol. The van der Waals surface area contributed by atoms with Crippen LogP contribution in [0.2, 0.25) is 0 Å². The molecule has 2 nitrogen and oxygen atoms in total. The molecule has 11 aromatic rings. The molecule has 282 valence electrons. The summed E-state index contributed by atoms with van der Waals surface area (Å²) in [6.45, 7) is 0. The molecule has 0 atom stereocenters. The Labute approximate surface area is 349 Å². The van der Waals surface area contributed by atoms with Crippen molar-refractivity contribution < 1.29 is 4.42 Å². The Bertz CT molecular complexity index is 3320. The van der Waals surface area contributed by atoms with Gasteiger partial charge in [0.15, 0.2) is 0 Å². The second-order valence-electron chi connectivity index (χ2n) is 15.2. The van der Waals surface area contributed by atoms with Crippen LogP contribution < -0.4 is 4.90 Å². The zero-order valence-corrected chi connectivity index (χ0v) is 32.9. The van der Waals surface area contributed by atoms with Crippen molar-refractivity contribution in [2.24, 2.45) is 0 Å². The highest BCUT2D eigenvalue weighted by Crippen LogP contribution is 2.46. The molecule has 0 aliphatic heterocycles. The lowest BCUT2D eigenvalue weighted by atomic mass is 9.88. The molecule has 0 unspecified atom stereocenters. The summed E-state index contributed by atoms with van der Waals surface area (Å²) in [7, 11) is 0. The van der Waals surface area contributed by atoms with Crippen molar-refractivity contribution >= 4 is 49.8 Å². The van der Waals surface area contributed by atoms with Gasteiger partial charge in [-0.1, -0.05) is 188 Å². The normalized spacial score (nSPS) is 11.3. The van der Waals surface area contributed by atoms with E-state index in [9.17, 15) is 0 Å². The van der Waals surface area contributed by atoms with Gasteiger partial charge in [0.05, 0.1) is 5.69 Å². The minimum atomic E-state index is 0.900. The van der Waals surface area contributed by atoms with Crippen LogP contribution in [0.3, 0.4) is 0 Å².